The van der Waals surface area contributed by atoms with Gasteiger partial charge in [0.2, 0.25) is 0 Å². The zero-order chi connectivity index (χ0) is 16.6. The third-order valence-electron chi connectivity index (χ3n) is 3.27. The number of amides is 1. The number of hydrogen-bond donors (Lipinski definition) is 1. The SMILES string of the molecule is CC(C)c1nnsc1C(=O)Nc1cnc2c(F)c(F)ccc2c1. The maximum atomic E-state index is 13.6. The summed E-state index contributed by atoms with van der Waals surface area (Å²) in [5.41, 5.74) is 0.927. The third kappa shape index (κ3) is 2.89. The third-order valence-corrected chi connectivity index (χ3v) is 4.01. The van der Waals surface area contributed by atoms with Crippen LogP contribution in [0.5, 0.6) is 0 Å². The lowest BCUT2D eigenvalue weighted by Gasteiger charge is -2.07. The molecule has 0 radical (unpaired) electrons. The van der Waals surface area contributed by atoms with Gasteiger partial charge in [0.05, 0.1) is 17.6 Å². The van der Waals surface area contributed by atoms with Gasteiger partial charge in [0, 0.05) is 5.39 Å². The lowest BCUT2D eigenvalue weighted by Crippen LogP contribution is -2.13. The smallest absolute Gasteiger partial charge is 0.269 e. The molecule has 0 spiro atoms. The van der Waals surface area contributed by atoms with Gasteiger partial charge in [-0.25, -0.2) is 8.78 Å². The second-order valence-electron chi connectivity index (χ2n) is 5.25. The fourth-order valence-corrected chi connectivity index (χ4v) is 2.84. The normalized spacial score (nSPS) is 11.2. The fraction of sp³-hybridized carbons (Fsp3) is 0.200. The minimum Gasteiger partial charge on any atom is -0.320 e. The Morgan fingerprint density at radius 3 is 2.83 bits per heavy atom. The van der Waals surface area contributed by atoms with Crippen LogP contribution in [0.4, 0.5) is 14.5 Å². The van der Waals surface area contributed by atoms with Crippen molar-refractivity contribution in [2.24, 2.45) is 0 Å². The van der Waals surface area contributed by atoms with Crippen LogP contribution in [0.1, 0.15) is 35.1 Å². The summed E-state index contributed by atoms with van der Waals surface area (Å²) in [5, 5.41) is 7.03. The van der Waals surface area contributed by atoms with Crippen LogP contribution in [-0.4, -0.2) is 20.5 Å². The molecular weight excluding hydrogens is 322 g/mol. The van der Waals surface area contributed by atoms with Gasteiger partial charge in [-0.15, -0.1) is 5.10 Å². The molecule has 3 aromatic rings. The Morgan fingerprint density at radius 1 is 1.30 bits per heavy atom. The molecule has 0 aliphatic heterocycles. The van der Waals surface area contributed by atoms with Crippen molar-refractivity contribution < 1.29 is 13.6 Å². The van der Waals surface area contributed by atoms with Gasteiger partial charge in [0.15, 0.2) is 11.6 Å². The molecule has 118 valence electrons. The Kier molecular flexibility index (Phi) is 3.99. The number of aromatic nitrogens is 3. The van der Waals surface area contributed by atoms with Crippen LogP contribution in [0.15, 0.2) is 24.4 Å². The number of nitrogens with zero attached hydrogens (tertiary/aromatic N) is 3. The first-order chi connectivity index (χ1) is 11.0. The van der Waals surface area contributed by atoms with Gasteiger partial charge in [-0.05, 0) is 35.6 Å². The Hall–Kier alpha value is -2.48. The molecule has 1 N–H and O–H groups in total. The molecule has 0 fully saturated rings. The summed E-state index contributed by atoms with van der Waals surface area (Å²) in [6.45, 7) is 3.84. The van der Waals surface area contributed by atoms with E-state index in [0.29, 0.717) is 21.6 Å². The van der Waals surface area contributed by atoms with Crippen molar-refractivity contribution in [2.75, 3.05) is 5.32 Å². The van der Waals surface area contributed by atoms with Gasteiger partial charge < -0.3 is 5.32 Å². The first-order valence-corrected chi connectivity index (χ1v) is 7.62. The highest BCUT2D eigenvalue weighted by Crippen LogP contribution is 2.24. The van der Waals surface area contributed by atoms with E-state index < -0.39 is 11.6 Å². The second kappa shape index (κ2) is 5.96. The molecule has 0 saturated heterocycles. The molecule has 1 amide bonds. The summed E-state index contributed by atoms with van der Waals surface area (Å²) in [6.07, 6.45) is 1.28. The monoisotopic (exact) mass is 334 g/mol. The average Bonchev–Trinajstić information content (AvgIpc) is 3.01. The number of rotatable bonds is 3. The topological polar surface area (TPSA) is 67.8 Å². The lowest BCUT2D eigenvalue weighted by molar-refractivity contribution is 0.102. The summed E-state index contributed by atoms with van der Waals surface area (Å²) in [6, 6.07) is 3.96. The van der Waals surface area contributed by atoms with Crippen LogP contribution in [-0.2, 0) is 0 Å². The van der Waals surface area contributed by atoms with Crippen molar-refractivity contribution in [3.05, 3.63) is 46.6 Å². The zero-order valence-corrected chi connectivity index (χ0v) is 13.1. The van der Waals surface area contributed by atoms with Gasteiger partial charge in [-0.3, -0.25) is 9.78 Å². The molecular formula is C15H12F2N4OS. The van der Waals surface area contributed by atoms with Gasteiger partial charge in [0.25, 0.3) is 5.91 Å². The van der Waals surface area contributed by atoms with Crippen LogP contribution < -0.4 is 5.32 Å². The molecule has 5 nitrogen and oxygen atoms in total. The fourth-order valence-electron chi connectivity index (χ4n) is 2.13. The number of carbonyl (C=O) groups is 1. The highest BCUT2D eigenvalue weighted by Gasteiger charge is 2.19. The summed E-state index contributed by atoms with van der Waals surface area (Å²) in [5.74, 6) is -2.25. The number of fused-ring (bicyclic) bond motifs is 1. The van der Waals surface area contributed by atoms with E-state index in [2.05, 4.69) is 19.9 Å². The van der Waals surface area contributed by atoms with Crippen molar-refractivity contribution in [3.63, 3.8) is 0 Å². The number of anilines is 1. The van der Waals surface area contributed by atoms with Crippen LogP contribution in [0.3, 0.4) is 0 Å². The van der Waals surface area contributed by atoms with E-state index in [1.807, 2.05) is 13.8 Å². The maximum Gasteiger partial charge on any atom is 0.269 e. The van der Waals surface area contributed by atoms with E-state index in [-0.39, 0.29) is 17.3 Å². The summed E-state index contributed by atoms with van der Waals surface area (Å²) < 4.78 is 30.6. The van der Waals surface area contributed by atoms with Crippen LogP contribution in [0.2, 0.25) is 0 Å². The first kappa shape index (κ1) is 15.4. The molecule has 0 aliphatic carbocycles. The maximum absolute atomic E-state index is 13.6. The molecule has 0 unspecified atom stereocenters. The minimum atomic E-state index is -1.01. The van der Waals surface area contributed by atoms with Crippen LogP contribution in [0.25, 0.3) is 10.9 Å². The van der Waals surface area contributed by atoms with E-state index in [0.717, 1.165) is 17.6 Å². The number of nitrogens with one attached hydrogen (secondary N) is 1. The predicted octanol–water partition coefficient (Wildman–Crippen LogP) is 3.74. The van der Waals surface area contributed by atoms with Crippen molar-refractivity contribution in [1.82, 2.24) is 14.6 Å². The lowest BCUT2D eigenvalue weighted by atomic mass is 10.1. The average molecular weight is 334 g/mol. The zero-order valence-electron chi connectivity index (χ0n) is 12.3. The summed E-state index contributed by atoms with van der Waals surface area (Å²) in [7, 11) is 0. The van der Waals surface area contributed by atoms with Crippen LogP contribution >= 0.6 is 11.5 Å². The van der Waals surface area contributed by atoms with Crippen molar-refractivity contribution in [1.29, 1.82) is 0 Å². The van der Waals surface area contributed by atoms with Crippen molar-refractivity contribution in [3.8, 4) is 0 Å². The van der Waals surface area contributed by atoms with E-state index in [1.165, 1.54) is 18.3 Å². The number of halogens is 2. The van der Waals surface area contributed by atoms with Crippen molar-refractivity contribution in [2.45, 2.75) is 19.8 Å². The molecule has 2 aromatic heterocycles. The Balaban J connectivity index is 1.91. The van der Waals surface area contributed by atoms with Gasteiger partial charge in [0.1, 0.15) is 10.4 Å². The quantitative estimate of drug-likeness (QED) is 0.792. The second-order valence-corrected chi connectivity index (χ2v) is 6.01. The molecule has 0 saturated carbocycles. The number of hydrogen-bond acceptors (Lipinski definition) is 5. The van der Waals surface area contributed by atoms with Gasteiger partial charge in [-0.1, -0.05) is 18.3 Å². The Bertz CT molecular complexity index is 894. The molecule has 1 aromatic carbocycles. The molecule has 0 atom stereocenters. The Morgan fingerprint density at radius 2 is 2.09 bits per heavy atom. The van der Waals surface area contributed by atoms with Gasteiger partial charge >= 0.3 is 0 Å². The molecule has 23 heavy (non-hydrogen) atoms. The highest BCUT2D eigenvalue weighted by atomic mass is 32.1. The molecule has 3 rings (SSSR count). The summed E-state index contributed by atoms with van der Waals surface area (Å²) in [4.78, 5) is 16.6. The summed E-state index contributed by atoms with van der Waals surface area (Å²) >= 11 is 1.01. The largest absolute Gasteiger partial charge is 0.320 e. The molecule has 2 heterocycles. The van der Waals surface area contributed by atoms with E-state index >= 15 is 0 Å². The molecule has 0 aliphatic rings. The van der Waals surface area contributed by atoms with Crippen molar-refractivity contribution >= 4 is 34.0 Å². The number of benzene rings is 1. The predicted molar refractivity (Wildman–Crippen MR) is 83.6 cm³/mol. The first-order valence-electron chi connectivity index (χ1n) is 6.84. The Labute approximate surface area is 134 Å². The highest BCUT2D eigenvalue weighted by molar-refractivity contribution is 7.08. The number of pyridine rings is 1. The van der Waals surface area contributed by atoms with E-state index in [4.69, 9.17) is 0 Å². The molecule has 8 heteroatoms. The standard InChI is InChI=1S/C15H12F2N4OS/c1-7(2)12-14(23-21-20-12)15(22)19-9-5-8-3-4-10(16)11(17)13(8)18-6-9/h3-7H,1-2H3,(H,19,22). The van der Waals surface area contributed by atoms with E-state index in [9.17, 15) is 13.6 Å². The van der Waals surface area contributed by atoms with Crippen LogP contribution in [0, 0.1) is 11.6 Å². The van der Waals surface area contributed by atoms with E-state index in [1.54, 1.807) is 0 Å². The van der Waals surface area contributed by atoms with Gasteiger partial charge in [-0.2, -0.15) is 0 Å². The minimum absolute atomic E-state index is 0.0706. The molecule has 0 bridgehead atoms. The number of carbonyl (C=O) groups excluding carboxylic acids is 1.